The first-order valence-electron chi connectivity index (χ1n) is 2.89. The summed E-state index contributed by atoms with van der Waals surface area (Å²) in [7, 11) is 0. The van der Waals surface area contributed by atoms with Gasteiger partial charge in [-0.3, -0.25) is 0 Å². The van der Waals surface area contributed by atoms with E-state index in [0.717, 1.165) is 5.32 Å². The molecule has 0 rings (SSSR count). The van der Waals surface area contributed by atoms with E-state index >= 15 is 0 Å². The molecule has 0 radical (unpaired) electrons. The van der Waals surface area contributed by atoms with Crippen molar-refractivity contribution in [2.24, 2.45) is 0 Å². The molecule has 0 bridgehead atoms. The van der Waals surface area contributed by atoms with E-state index < -0.39 is 12.0 Å². The van der Waals surface area contributed by atoms with E-state index in [1.54, 1.807) is 0 Å². The number of carboxylic acid groups (broad SMARTS) is 1. The van der Waals surface area contributed by atoms with Gasteiger partial charge in [0.25, 0.3) is 0 Å². The Labute approximate surface area is 65.7 Å². The van der Waals surface area contributed by atoms with Crippen LogP contribution in [0.3, 0.4) is 0 Å². The molecule has 4 nitrogen and oxygen atoms in total. The van der Waals surface area contributed by atoms with Crippen molar-refractivity contribution in [2.75, 3.05) is 0 Å². The molecule has 60 valence electrons. The zero-order valence-corrected chi connectivity index (χ0v) is 7.45. The van der Waals surface area contributed by atoms with Crippen molar-refractivity contribution >= 4 is 20.9 Å². The van der Waals surface area contributed by atoms with Crippen molar-refractivity contribution in [3.63, 3.8) is 0 Å². The Kier molecular flexibility index (Phi) is 5.62. The molecule has 5 heteroatoms. The summed E-state index contributed by atoms with van der Waals surface area (Å²) in [6.45, 7) is 0. The first kappa shape index (κ1) is 9.91. The number of carbonyl (C=O) groups is 1. The number of rotatable bonds is 5. The standard InChI is InChI=1S/C5H11NO3Se/c1-10-3-2-4(6-9)5(7)8/h4H,2-3,6H2,1H3,(H,7,8)/t4-/m0/s1. The Hall–Kier alpha value is -0.0905. The molecule has 0 unspecified atom stereocenters. The van der Waals surface area contributed by atoms with Gasteiger partial charge in [-0.1, -0.05) is 0 Å². The third-order valence-electron chi connectivity index (χ3n) is 1.11. The fourth-order valence-corrected chi connectivity index (χ4v) is 1.52. The summed E-state index contributed by atoms with van der Waals surface area (Å²) < 4.78 is 0. The van der Waals surface area contributed by atoms with Crippen LogP contribution in [0.5, 0.6) is 0 Å². The van der Waals surface area contributed by atoms with Crippen molar-refractivity contribution in [1.82, 2.24) is 0 Å². The Morgan fingerprint density at radius 3 is 2.80 bits per heavy atom. The second-order valence-electron chi connectivity index (χ2n) is 1.86. The van der Waals surface area contributed by atoms with Gasteiger partial charge in [0.15, 0.2) is 0 Å². The second kappa shape index (κ2) is 5.68. The van der Waals surface area contributed by atoms with Crippen LogP contribution in [-0.2, 0) is 4.79 Å². The molecule has 0 aromatic heterocycles. The molecule has 3 N–H and O–H groups in total. The zero-order valence-electron chi connectivity index (χ0n) is 5.74. The average molecular weight is 212 g/mol. The van der Waals surface area contributed by atoms with E-state index in [-0.39, 0.29) is 0 Å². The number of hydroxylamine groups is 1. The van der Waals surface area contributed by atoms with Crippen molar-refractivity contribution < 1.29 is 15.4 Å². The van der Waals surface area contributed by atoms with Gasteiger partial charge in [-0.25, -0.2) is 0 Å². The topological polar surface area (TPSA) is 77.0 Å². The molecular formula is C5H11NO3Se. The van der Waals surface area contributed by atoms with Crippen molar-refractivity contribution in [1.29, 1.82) is 0 Å². The van der Waals surface area contributed by atoms with E-state index in [2.05, 4.69) is 0 Å². The fraction of sp³-hybridized carbons (Fsp3) is 0.800. The fourth-order valence-electron chi connectivity index (χ4n) is 0.495. The van der Waals surface area contributed by atoms with Crippen molar-refractivity contribution in [3.8, 4) is 0 Å². The van der Waals surface area contributed by atoms with Crippen LogP contribution in [0.4, 0.5) is 0 Å². The number of quaternary nitrogens is 1. The number of carboxylic acids is 1. The molecule has 0 saturated heterocycles. The molecule has 0 saturated carbocycles. The van der Waals surface area contributed by atoms with Crippen LogP contribution in [0.2, 0.25) is 11.1 Å². The summed E-state index contributed by atoms with van der Waals surface area (Å²) in [5, 5.41) is 19.3. The van der Waals surface area contributed by atoms with Crippen LogP contribution >= 0.6 is 0 Å². The molecule has 1 atom stereocenters. The van der Waals surface area contributed by atoms with Crippen LogP contribution in [0.15, 0.2) is 0 Å². The molecule has 0 aliphatic heterocycles. The first-order chi connectivity index (χ1) is 4.72. The van der Waals surface area contributed by atoms with Crippen LogP contribution in [0.25, 0.3) is 0 Å². The monoisotopic (exact) mass is 213 g/mol. The number of hydrogen-bond donors (Lipinski definition) is 2. The average Bonchev–Trinajstić information content (AvgIpc) is 1.89. The predicted molar refractivity (Wildman–Crippen MR) is 37.8 cm³/mol. The van der Waals surface area contributed by atoms with Crippen LogP contribution in [0.1, 0.15) is 6.42 Å². The van der Waals surface area contributed by atoms with E-state index in [0.29, 0.717) is 26.9 Å². The molecule has 0 aromatic carbocycles. The first-order valence-corrected chi connectivity index (χ1v) is 5.82. The van der Waals surface area contributed by atoms with Gasteiger partial charge in [0.1, 0.15) is 0 Å². The minimum atomic E-state index is -1.00. The maximum absolute atomic E-state index is 10.2. The van der Waals surface area contributed by atoms with Gasteiger partial charge < -0.3 is 0 Å². The van der Waals surface area contributed by atoms with Gasteiger partial charge in [0, 0.05) is 0 Å². The minimum absolute atomic E-state index is 0.469. The molecule has 0 heterocycles. The Morgan fingerprint density at radius 1 is 1.90 bits per heavy atom. The van der Waals surface area contributed by atoms with E-state index in [9.17, 15) is 10.0 Å². The molecule has 0 spiro atoms. The molecule has 0 fully saturated rings. The molecule has 0 aliphatic rings. The van der Waals surface area contributed by atoms with E-state index in [4.69, 9.17) is 5.11 Å². The van der Waals surface area contributed by atoms with Gasteiger partial charge in [0.2, 0.25) is 0 Å². The van der Waals surface area contributed by atoms with E-state index in [1.165, 1.54) is 0 Å². The van der Waals surface area contributed by atoms with Gasteiger partial charge in [-0.15, -0.1) is 0 Å². The van der Waals surface area contributed by atoms with Gasteiger partial charge in [0.05, 0.1) is 0 Å². The quantitative estimate of drug-likeness (QED) is 0.456. The Balaban J connectivity index is 3.50. The third kappa shape index (κ3) is 3.85. The summed E-state index contributed by atoms with van der Waals surface area (Å²) in [6.07, 6.45) is 0.495. The summed E-state index contributed by atoms with van der Waals surface area (Å²) in [4.78, 5) is 10.2. The summed E-state index contributed by atoms with van der Waals surface area (Å²) in [5.41, 5.74) is 0.508. The normalized spacial score (nSPS) is 13.0. The number of aliphatic carboxylic acids is 1. The number of nitrogens with two attached hydrogens (primary N) is 1. The molecular weight excluding hydrogens is 201 g/mol. The number of hydrogen-bond acceptors (Lipinski definition) is 2. The van der Waals surface area contributed by atoms with Gasteiger partial charge in [-0.05, 0) is 0 Å². The summed E-state index contributed by atoms with van der Waals surface area (Å²) in [5.74, 6) is 1.02. The molecule has 0 aliphatic carbocycles. The second-order valence-corrected chi connectivity index (χ2v) is 3.93. The van der Waals surface area contributed by atoms with Crippen LogP contribution < -0.4 is 5.48 Å². The maximum atomic E-state index is 10.2. The SMILES string of the molecule is C[Se]CC[C@H]([NH2+][O-])C(=O)O. The zero-order chi connectivity index (χ0) is 7.98. The Morgan fingerprint density at radius 2 is 2.50 bits per heavy atom. The summed E-state index contributed by atoms with van der Waals surface area (Å²) >= 11 is 0.469. The van der Waals surface area contributed by atoms with Gasteiger partial charge in [-0.2, -0.15) is 0 Å². The van der Waals surface area contributed by atoms with Crippen molar-refractivity contribution in [3.05, 3.63) is 5.21 Å². The molecule has 0 amide bonds. The summed E-state index contributed by atoms with van der Waals surface area (Å²) in [6, 6.07) is -0.776. The van der Waals surface area contributed by atoms with Crippen LogP contribution in [0, 0.1) is 5.21 Å². The Bertz CT molecular complexity index is 109. The van der Waals surface area contributed by atoms with E-state index in [1.807, 2.05) is 5.82 Å². The third-order valence-corrected chi connectivity index (χ3v) is 2.47. The molecule has 0 aromatic rings. The van der Waals surface area contributed by atoms with Gasteiger partial charge >= 0.3 is 65.1 Å². The van der Waals surface area contributed by atoms with Crippen LogP contribution in [-0.4, -0.2) is 32.1 Å². The van der Waals surface area contributed by atoms with Crippen molar-refractivity contribution in [2.45, 2.75) is 23.6 Å². The molecule has 10 heavy (non-hydrogen) atoms. The predicted octanol–water partition coefficient (Wildman–Crippen LogP) is -0.938.